The number of unbranched alkanes of at least 4 members (excludes halogenated alkanes) is 1. The highest BCUT2D eigenvalue weighted by molar-refractivity contribution is 7.89. The number of nitrogens with two attached hydrogens (primary N) is 1. The highest BCUT2D eigenvalue weighted by atomic mass is 32.2. The van der Waals surface area contributed by atoms with Gasteiger partial charge in [0.25, 0.3) is 5.91 Å². The Morgan fingerprint density at radius 1 is 1.10 bits per heavy atom. The fourth-order valence-electron chi connectivity index (χ4n) is 3.13. The second-order valence-corrected chi connectivity index (χ2v) is 8.65. The first kappa shape index (κ1) is 21.9. The molecular formula is C21H25N3O5S. The van der Waals surface area contributed by atoms with Crippen molar-refractivity contribution < 1.29 is 22.7 Å². The summed E-state index contributed by atoms with van der Waals surface area (Å²) in [4.78, 5) is 26.3. The molecule has 2 aromatic carbocycles. The molecule has 0 aliphatic carbocycles. The molecule has 0 radical (unpaired) electrons. The number of nitrogens with one attached hydrogen (secondary N) is 1. The summed E-state index contributed by atoms with van der Waals surface area (Å²) in [6.45, 7) is 3.02. The van der Waals surface area contributed by atoms with Crippen LogP contribution in [-0.2, 0) is 26.2 Å². The van der Waals surface area contributed by atoms with Gasteiger partial charge in [-0.3, -0.25) is 9.59 Å². The Hall–Kier alpha value is -2.75. The average Bonchev–Trinajstić information content (AvgIpc) is 3.00. The zero-order chi connectivity index (χ0) is 21.7. The number of imide groups is 1. The average molecular weight is 432 g/mol. The minimum atomic E-state index is -3.75. The third kappa shape index (κ3) is 5.24. The van der Waals surface area contributed by atoms with Gasteiger partial charge in [0.2, 0.25) is 15.9 Å². The summed E-state index contributed by atoms with van der Waals surface area (Å²) in [5.41, 5.74) is 1.28. The fraction of sp³-hybridized carbons (Fsp3) is 0.333. The van der Waals surface area contributed by atoms with Crippen LogP contribution < -0.4 is 20.1 Å². The molecule has 0 bridgehead atoms. The molecule has 1 unspecified atom stereocenters. The van der Waals surface area contributed by atoms with Crippen LogP contribution in [0, 0.1) is 0 Å². The van der Waals surface area contributed by atoms with Crippen LogP contribution in [0.25, 0.3) is 0 Å². The van der Waals surface area contributed by atoms with Crippen molar-refractivity contribution in [3.05, 3.63) is 54.1 Å². The van der Waals surface area contributed by atoms with Gasteiger partial charge in [0.15, 0.2) is 0 Å². The second-order valence-electron chi connectivity index (χ2n) is 7.09. The third-order valence-electron chi connectivity index (χ3n) is 4.81. The molecule has 1 aliphatic rings. The normalized spacial score (nSPS) is 16.9. The molecule has 9 heteroatoms. The first-order chi connectivity index (χ1) is 14.3. The van der Waals surface area contributed by atoms with Crippen LogP contribution >= 0.6 is 0 Å². The Kier molecular flexibility index (Phi) is 6.86. The predicted octanol–water partition coefficient (Wildman–Crippen LogP) is 1.93. The van der Waals surface area contributed by atoms with Gasteiger partial charge < -0.3 is 10.1 Å². The molecule has 1 fully saturated rings. The summed E-state index contributed by atoms with van der Waals surface area (Å²) in [5.74, 6) is 0.103. The molecule has 3 N–H and O–H groups in total. The van der Waals surface area contributed by atoms with Gasteiger partial charge in [-0.2, -0.15) is 0 Å². The lowest BCUT2D eigenvalue weighted by Gasteiger charge is -2.16. The maximum Gasteiger partial charge on any atom is 0.251 e. The van der Waals surface area contributed by atoms with E-state index in [2.05, 4.69) is 12.2 Å². The molecule has 8 nitrogen and oxygen atoms in total. The number of nitrogens with zero attached hydrogens (tertiary/aromatic N) is 1. The summed E-state index contributed by atoms with van der Waals surface area (Å²) in [6.07, 6.45) is 2.06. The van der Waals surface area contributed by atoms with Crippen molar-refractivity contribution in [3.63, 3.8) is 0 Å². The number of amides is 2. The first-order valence-corrected chi connectivity index (χ1v) is 11.3. The molecule has 1 aliphatic heterocycles. The number of ether oxygens (including phenoxy) is 1. The summed E-state index contributed by atoms with van der Waals surface area (Å²) < 4.78 is 28.2. The van der Waals surface area contributed by atoms with Gasteiger partial charge in [0, 0.05) is 6.54 Å². The van der Waals surface area contributed by atoms with E-state index >= 15 is 0 Å². The van der Waals surface area contributed by atoms with Crippen LogP contribution in [0.3, 0.4) is 0 Å². The van der Waals surface area contributed by atoms with E-state index in [-0.39, 0.29) is 23.1 Å². The molecule has 30 heavy (non-hydrogen) atoms. The molecule has 2 aromatic rings. The van der Waals surface area contributed by atoms with E-state index in [0.29, 0.717) is 24.6 Å². The van der Waals surface area contributed by atoms with Crippen molar-refractivity contribution in [1.82, 2.24) is 5.32 Å². The van der Waals surface area contributed by atoms with Crippen LogP contribution in [0.5, 0.6) is 5.75 Å². The molecule has 1 saturated heterocycles. The van der Waals surface area contributed by atoms with Gasteiger partial charge in [-0.05, 0) is 48.4 Å². The Labute approximate surface area is 176 Å². The first-order valence-electron chi connectivity index (χ1n) is 9.74. The number of sulfonamides is 1. The van der Waals surface area contributed by atoms with Crippen LogP contribution in [-0.4, -0.2) is 32.9 Å². The van der Waals surface area contributed by atoms with Crippen molar-refractivity contribution in [2.24, 2.45) is 5.14 Å². The quantitative estimate of drug-likeness (QED) is 0.463. The minimum Gasteiger partial charge on any atom is -0.494 e. The van der Waals surface area contributed by atoms with Gasteiger partial charge in [-0.25, -0.2) is 18.5 Å². The summed E-state index contributed by atoms with van der Waals surface area (Å²) in [7, 11) is -3.75. The maximum absolute atomic E-state index is 12.7. The smallest absolute Gasteiger partial charge is 0.251 e. The number of rotatable bonds is 9. The molecular weight excluding hydrogens is 406 g/mol. The fourth-order valence-corrected chi connectivity index (χ4v) is 3.64. The number of anilines is 1. The van der Waals surface area contributed by atoms with E-state index in [9.17, 15) is 18.0 Å². The lowest BCUT2D eigenvalue weighted by atomic mass is 10.2. The highest BCUT2D eigenvalue weighted by Gasteiger charge is 2.39. The van der Waals surface area contributed by atoms with E-state index in [4.69, 9.17) is 9.88 Å². The standard InChI is InChI=1S/C21H25N3O5S/c1-2-3-12-29-17-8-6-16(7-9-17)24-20(25)13-19(21(24)26)23-14-15-4-10-18(11-5-15)30(22,27)28/h4-11,19,23H,2-3,12-14H2,1H3,(H2,22,27,28). The Morgan fingerprint density at radius 3 is 2.37 bits per heavy atom. The lowest BCUT2D eigenvalue weighted by Crippen LogP contribution is -2.38. The van der Waals surface area contributed by atoms with Crippen LogP contribution in [0.4, 0.5) is 5.69 Å². The van der Waals surface area contributed by atoms with Crippen molar-refractivity contribution in [2.45, 2.75) is 43.7 Å². The minimum absolute atomic E-state index is 0.0201. The molecule has 3 rings (SSSR count). The van der Waals surface area contributed by atoms with Gasteiger partial charge in [-0.15, -0.1) is 0 Å². The van der Waals surface area contributed by atoms with E-state index in [1.807, 2.05) is 0 Å². The number of hydrogen-bond donors (Lipinski definition) is 2. The van der Waals surface area contributed by atoms with E-state index < -0.39 is 16.1 Å². The number of carbonyl (C=O) groups excluding carboxylic acids is 2. The van der Waals surface area contributed by atoms with Gasteiger partial charge in [0.05, 0.1) is 29.7 Å². The van der Waals surface area contributed by atoms with Gasteiger partial charge in [-0.1, -0.05) is 25.5 Å². The Balaban J connectivity index is 1.60. The van der Waals surface area contributed by atoms with Crippen molar-refractivity contribution in [1.29, 1.82) is 0 Å². The second kappa shape index (κ2) is 9.38. The molecule has 2 amide bonds. The Bertz CT molecular complexity index is 1000. The summed E-state index contributed by atoms with van der Waals surface area (Å²) in [6, 6.07) is 12.3. The van der Waals surface area contributed by atoms with Gasteiger partial charge >= 0.3 is 0 Å². The van der Waals surface area contributed by atoms with Crippen molar-refractivity contribution >= 4 is 27.5 Å². The Morgan fingerprint density at radius 2 is 1.77 bits per heavy atom. The van der Waals surface area contributed by atoms with Crippen molar-refractivity contribution in [3.8, 4) is 5.75 Å². The zero-order valence-electron chi connectivity index (χ0n) is 16.7. The highest BCUT2D eigenvalue weighted by Crippen LogP contribution is 2.25. The molecule has 1 atom stereocenters. The summed E-state index contributed by atoms with van der Waals surface area (Å²) >= 11 is 0. The topological polar surface area (TPSA) is 119 Å². The molecule has 160 valence electrons. The van der Waals surface area contributed by atoms with E-state index in [1.165, 1.54) is 17.0 Å². The maximum atomic E-state index is 12.7. The van der Waals surface area contributed by atoms with Crippen molar-refractivity contribution in [2.75, 3.05) is 11.5 Å². The van der Waals surface area contributed by atoms with Crippen LogP contribution in [0.15, 0.2) is 53.4 Å². The van der Waals surface area contributed by atoms with E-state index in [1.54, 1.807) is 36.4 Å². The molecule has 1 heterocycles. The number of hydrogen-bond acceptors (Lipinski definition) is 6. The molecule has 0 aromatic heterocycles. The molecule has 0 spiro atoms. The third-order valence-corrected chi connectivity index (χ3v) is 5.74. The SMILES string of the molecule is CCCCOc1ccc(N2C(=O)CC(NCc3ccc(S(N)(=O)=O)cc3)C2=O)cc1. The largest absolute Gasteiger partial charge is 0.494 e. The summed E-state index contributed by atoms with van der Waals surface area (Å²) in [5, 5.41) is 8.15. The number of carbonyl (C=O) groups is 2. The van der Waals surface area contributed by atoms with Crippen LogP contribution in [0.2, 0.25) is 0 Å². The van der Waals surface area contributed by atoms with E-state index in [0.717, 1.165) is 18.4 Å². The monoisotopic (exact) mass is 431 g/mol. The van der Waals surface area contributed by atoms with Crippen LogP contribution in [0.1, 0.15) is 31.7 Å². The lowest BCUT2D eigenvalue weighted by molar-refractivity contribution is -0.121. The number of primary sulfonamides is 1. The predicted molar refractivity (Wildman–Crippen MR) is 112 cm³/mol. The molecule has 0 saturated carbocycles. The number of benzene rings is 2. The van der Waals surface area contributed by atoms with Gasteiger partial charge in [0.1, 0.15) is 5.75 Å². The zero-order valence-corrected chi connectivity index (χ0v) is 17.5.